The number of rotatable bonds is 5. The van der Waals surface area contributed by atoms with Crippen molar-refractivity contribution in [3.63, 3.8) is 0 Å². The molecule has 0 aliphatic heterocycles. The van der Waals surface area contributed by atoms with Crippen LogP contribution in [0.2, 0.25) is 0 Å². The van der Waals surface area contributed by atoms with Gasteiger partial charge in [0, 0.05) is 23.6 Å². The van der Waals surface area contributed by atoms with Crippen LogP contribution in [-0.4, -0.2) is 27.3 Å². The Morgan fingerprint density at radius 3 is 2.79 bits per heavy atom. The Labute approximate surface area is 167 Å². The summed E-state index contributed by atoms with van der Waals surface area (Å²) in [5, 5.41) is 11.6. The molecule has 8 nitrogen and oxygen atoms in total. The van der Waals surface area contributed by atoms with Crippen LogP contribution in [0.3, 0.4) is 0 Å². The summed E-state index contributed by atoms with van der Waals surface area (Å²) in [5.74, 6) is 0.913. The third kappa shape index (κ3) is 3.62. The van der Waals surface area contributed by atoms with E-state index in [1.807, 2.05) is 33.0 Å². The molecule has 1 unspecified atom stereocenters. The molecule has 0 radical (unpaired) electrons. The second-order valence-electron chi connectivity index (χ2n) is 7.50. The van der Waals surface area contributed by atoms with Crippen LogP contribution in [-0.2, 0) is 24.7 Å². The summed E-state index contributed by atoms with van der Waals surface area (Å²) in [4.78, 5) is 24.7. The highest BCUT2D eigenvalue weighted by atomic mass is 16.5. The highest BCUT2D eigenvalue weighted by Gasteiger charge is 2.20. The predicted molar refractivity (Wildman–Crippen MR) is 107 cm³/mol. The van der Waals surface area contributed by atoms with Crippen molar-refractivity contribution in [3.8, 4) is 5.75 Å². The van der Waals surface area contributed by atoms with E-state index in [-0.39, 0.29) is 24.2 Å². The average molecular weight is 396 g/mol. The molecule has 2 heterocycles. The van der Waals surface area contributed by atoms with Gasteiger partial charge in [0.2, 0.25) is 0 Å². The molecule has 29 heavy (non-hydrogen) atoms. The van der Waals surface area contributed by atoms with Gasteiger partial charge < -0.3 is 19.0 Å². The van der Waals surface area contributed by atoms with E-state index in [4.69, 9.17) is 9.15 Å². The standard InChI is InChI=1S/C21H24N4O4/c1-12-17(28-10-18(26)23-13(2)20-24-22-11-25(20)3)9-8-15-14-6-4-5-7-16(14)21(27)29-19(12)15/h8-9,11,13H,4-7,10H2,1-3H3,(H,23,26). The van der Waals surface area contributed by atoms with Crippen molar-refractivity contribution < 1.29 is 13.9 Å². The summed E-state index contributed by atoms with van der Waals surface area (Å²) in [6, 6.07) is 3.47. The first-order chi connectivity index (χ1) is 14.0. The summed E-state index contributed by atoms with van der Waals surface area (Å²) >= 11 is 0. The van der Waals surface area contributed by atoms with Crippen LogP contribution < -0.4 is 15.7 Å². The Hall–Kier alpha value is -3.16. The average Bonchev–Trinajstić information content (AvgIpc) is 3.14. The van der Waals surface area contributed by atoms with Gasteiger partial charge in [-0.2, -0.15) is 0 Å². The summed E-state index contributed by atoms with van der Waals surface area (Å²) in [6.07, 6.45) is 5.34. The number of amides is 1. The summed E-state index contributed by atoms with van der Waals surface area (Å²) in [6.45, 7) is 3.53. The van der Waals surface area contributed by atoms with Crippen LogP contribution in [0.15, 0.2) is 27.7 Å². The maximum absolute atomic E-state index is 12.4. The lowest BCUT2D eigenvalue weighted by Crippen LogP contribution is -2.32. The number of nitrogens with one attached hydrogen (secondary N) is 1. The first-order valence-corrected chi connectivity index (χ1v) is 9.80. The molecule has 1 aliphatic carbocycles. The van der Waals surface area contributed by atoms with Gasteiger partial charge in [-0.25, -0.2) is 4.79 Å². The number of hydrogen-bond donors (Lipinski definition) is 1. The number of ether oxygens (including phenoxy) is 1. The lowest BCUT2D eigenvalue weighted by molar-refractivity contribution is -0.123. The lowest BCUT2D eigenvalue weighted by Gasteiger charge is -2.18. The topological polar surface area (TPSA) is 99.2 Å². The van der Waals surface area contributed by atoms with Gasteiger partial charge in [0.15, 0.2) is 12.4 Å². The number of fused-ring (bicyclic) bond motifs is 3. The molecular formula is C21H24N4O4. The molecule has 1 atom stereocenters. The highest BCUT2D eigenvalue weighted by molar-refractivity contribution is 5.86. The molecule has 152 valence electrons. The van der Waals surface area contributed by atoms with Crippen molar-refractivity contribution >= 4 is 16.9 Å². The van der Waals surface area contributed by atoms with E-state index in [9.17, 15) is 9.59 Å². The molecular weight excluding hydrogens is 372 g/mol. The van der Waals surface area contributed by atoms with E-state index < -0.39 is 0 Å². The van der Waals surface area contributed by atoms with Gasteiger partial charge in [0.1, 0.15) is 17.7 Å². The molecule has 0 saturated carbocycles. The number of hydrogen-bond acceptors (Lipinski definition) is 6. The van der Waals surface area contributed by atoms with Crippen LogP contribution in [0, 0.1) is 6.92 Å². The quantitative estimate of drug-likeness (QED) is 0.665. The minimum Gasteiger partial charge on any atom is -0.483 e. The zero-order valence-corrected chi connectivity index (χ0v) is 16.8. The van der Waals surface area contributed by atoms with Crippen LogP contribution in [0.25, 0.3) is 11.0 Å². The molecule has 2 aromatic heterocycles. The zero-order valence-electron chi connectivity index (χ0n) is 16.8. The molecule has 1 amide bonds. The first kappa shape index (κ1) is 19.2. The number of carbonyl (C=O) groups excluding carboxylic acids is 1. The van der Waals surface area contributed by atoms with Crippen molar-refractivity contribution in [2.24, 2.45) is 7.05 Å². The molecule has 4 rings (SSSR count). The third-order valence-corrected chi connectivity index (χ3v) is 5.46. The van der Waals surface area contributed by atoms with Gasteiger partial charge in [0.25, 0.3) is 5.91 Å². The van der Waals surface area contributed by atoms with Gasteiger partial charge >= 0.3 is 5.63 Å². The summed E-state index contributed by atoms with van der Waals surface area (Å²) < 4.78 is 13.1. The maximum Gasteiger partial charge on any atom is 0.339 e. The smallest absolute Gasteiger partial charge is 0.339 e. The minimum atomic E-state index is -0.291. The van der Waals surface area contributed by atoms with Crippen molar-refractivity contribution in [1.29, 1.82) is 0 Å². The van der Waals surface area contributed by atoms with Crippen LogP contribution in [0.1, 0.15) is 48.3 Å². The van der Waals surface area contributed by atoms with E-state index in [2.05, 4.69) is 15.5 Å². The lowest BCUT2D eigenvalue weighted by atomic mass is 9.90. The van der Waals surface area contributed by atoms with Crippen molar-refractivity contribution in [3.05, 3.63) is 51.4 Å². The van der Waals surface area contributed by atoms with Gasteiger partial charge in [-0.1, -0.05) is 0 Å². The number of aryl methyl sites for hydroxylation is 3. The van der Waals surface area contributed by atoms with Crippen LogP contribution in [0.4, 0.5) is 0 Å². The van der Waals surface area contributed by atoms with E-state index in [0.717, 1.165) is 47.8 Å². The van der Waals surface area contributed by atoms with Gasteiger partial charge in [-0.3, -0.25) is 4.79 Å². The Kier molecular flexibility index (Phi) is 5.08. The second kappa shape index (κ2) is 7.69. The largest absolute Gasteiger partial charge is 0.483 e. The van der Waals surface area contributed by atoms with Crippen molar-refractivity contribution in [2.45, 2.75) is 45.6 Å². The van der Waals surface area contributed by atoms with E-state index in [1.165, 1.54) is 0 Å². The summed E-state index contributed by atoms with van der Waals surface area (Å²) in [5.41, 5.74) is 2.90. The molecule has 0 spiro atoms. The monoisotopic (exact) mass is 396 g/mol. The molecule has 0 saturated heterocycles. The minimum absolute atomic E-state index is 0.149. The van der Waals surface area contributed by atoms with Gasteiger partial charge in [0.05, 0.1) is 6.04 Å². The van der Waals surface area contributed by atoms with Crippen LogP contribution >= 0.6 is 0 Å². The first-order valence-electron chi connectivity index (χ1n) is 9.80. The van der Waals surface area contributed by atoms with E-state index in [1.54, 1.807) is 10.9 Å². The highest BCUT2D eigenvalue weighted by Crippen LogP contribution is 2.32. The van der Waals surface area contributed by atoms with Gasteiger partial charge in [-0.05, 0) is 57.2 Å². The van der Waals surface area contributed by atoms with Crippen LogP contribution in [0.5, 0.6) is 5.75 Å². The normalized spacial score (nSPS) is 14.4. The predicted octanol–water partition coefficient (Wildman–Crippen LogP) is 2.36. The number of benzene rings is 1. The molecule has 1 aliphatic rings. The van der Waals surface area contributed by atoms with E-state index in [0.29, 0.717) is 17.2 Å². The fourth-order valence-corrected chi connectivity index (χ4v) is 3.96. The Morgan fingerprint density at radius 2 is 2.07 bits per heavy atom. The third-order valence-electron chi connectivity index (χ3n) is 5.46. The molecule has 1 N–H and O–H groups in total. The molecule has 0 bridgehead atoms. The van der Waals surface area contributed by atoms with E-state index >= 15 is 0 Å². The van der Waals surface area contributed by atoms with Gasteiger partial charge in [-0.15, -0.1) is 10.2 Å². The zero-order chi connectivity index (χ0) is 20.5. The number of aromatic nitrogens is 3. The molecule has 8 heteroatoms. The Bertz CT molecular complexity index is 1130. The fraction of sp³-hybridized carbons (Fsp3) is 0.429. The fourth-order valence-electron chi connectivity index (χ4n) is 3.96. The molecule has 3 aromatic rings. The maximum atomic E-state index is 12.4. The number of carbonyl (C=O) groups is 1. The molecule has 0 fully saturated rings. The van der Waals surface area contributed by atoms with Crippen molar-refractivity contribution in [2.75, 3.05) is 6.61 Å². The Morgan fingerprint density at radius 1 is 1.31 bits per heavy atom. The summed E-state index contributed by atoms with van der Waals surface area (Å²) in [7, 11) is 1.82. The van der Waals surface area contributed by atoms with Crippen molar-refractivity contribution in [1.82, 2.24) is 20.1 Å². The molecule has 1 aromatic carbocycles. The number of nitrogens with zero attached hydrogens (tertiary/aromatic N) is 3. The Balaban J connectivity index is 1.51. The second-order valence-corrected chi connectivity index (χ2v) is 7.50. The SMILES string of the molecule is Cc1c(OCC(=O)NC(C)c2nncn2C)ccc2c3c(c(=O)oc12)CCCC3.